The third-order valence-corrected chi connectivity index (χ3v) is 2.85. The van der Waals surface area contributed by atoms with Gasteiger partial charge in [-0.2, -0.15) is 0 Å². The van der Waals surface area contributed by atoms with Crippen LogP contribution in [0.25, 0.3) is 0 Å². The van der Waals surface area contributed by atoms with Gasteiger partial charge < -0.3 is 16.2 Å². The van der Waals surface area contributed by atoms with Crippen molar-refractivity contribution in [2.45, 2.75) is 38.6 Å². The van der Waals surface area contributed by atoms with E-state index in [0.29, 0.717) is 6.54 Å². The van der Waals surface area contributed by atoms with Crippen molar-refractivity contribution < 1.29 is 9.90 Å². The third kappa shape index (κ3) is 2.45. The molecule has 1 rings (SSSR count). The van der Waals surface area contributed by atoms with E-state index in [1.54, 1.807) is 0 Å². The molecule has 1 aliphatic rings. The fraction of sp³-hybridized carbons (Fsp3) is 0.900. The molecular formula is C10H20N2O2. The number of hydrogen-bond donors (Lipinski definition) is 3. The molecule has 14 heavy (non-hydrogen) atoms. The zero-order valence-electron chi connectivity index (χ0n) is 8.97. The van der Waals surface area contributed by atoms with Crippen LogP contribution in [-0.4, -0.2) is 29.7 Å². The molecule has 82 valence electrons. The molecule has 0 unspecified atom stereocenters. The second kappa shape index (κ2) is 3.87. The van der Waals surface area contributed by atoms with Gasteiger partial charge in [-0.1, -0.05) is 13.8 Å². The van der Waals surface area contributed by atoms with Gasteiger partial charge in [0.25, 0.3) is 0 Å². The number of carbonyl (C=O) groups is 1. The molecule has 4 nitrogen and oxygen atoms in total. The Morgan fingerprint density at radius 3 is 2.50 bits per heavy atom. The average Bonchev–Trinajstić information content (AvgIpc) is 2.10. The van der Waals surface area contributed by atoms with Crippen molar-refractivity contribution in [3.63, 3.8) is 0 Å². The summed E-state index contributed by atoms with van der Waals surface area (Å²) < 4.78 is 0. The summed E-state index contributed by atoms with van der Waals surface area (Å²) in [7, 11) is 0. The van der Waals surface area contributed by atoms with Crippen molar-refractivity contribution >= 4 is 5.91 Å². The van der Waals surface area contributed by atoms with E-state index >= 15 is 0 Å². The van der Waals surface area contributed by atoms with E-state index in [-0.39, 0.29) is 17.9 Å². The maximum Gasteiger partial charge on any atom is 0.240 e. The van der Waals surface area contributed by atoms with E-state index in [1.165, 1.54) is 0 Å². The fourth-order valence-corrected chi connectivity index (χ4v) is 1.34. The highest BCUT2D eigenvalue weighted by molar-refractivity contribution is 5.87. The second-order valence-corrected chi connectivity index (χ2v) is 5.01. The number of nitrogens with one attached hydrogen (secondary N) is 1. The van der Waals surface area contributed by atoms with Crippen molar-refractivity contribution in [2.75, 3.05) is 13.2 Å². The van der Waals surface area contributed by atoms with Crippen LogP contribution in [0.15, 0.2) is 0 Å². The van der Waals surface area contributed by atoms with E-state index in [2.05, 4.69) is 5.32 Å². The molecule has 0 radical (unpaired) electrons. The van der Waals surface area contributed by atoms with Gasteiger partial charge in [0.05, 0.1) is 5.54 Å². The first-order chi connectivity index (χ1) is 6.40. The lowest BCUT2D eigenvalue weighted by molar-refractivity contribution is -0.129. The summed E-state index contributed by atoms with van der Waals surface area (Å²) in [6, 6.07) is 0. The lowest BCUT2D eigenvalue weighted by Crippen LogP contribution is -2.59. The summed E-state index contributed by atoms with van der Waals surface area (Å²) in [5, 5.41) is 11.8. The molecular weight excluding hydrogens is 180 g/mol. The molecule has 0 heterocycles. The molecule has 0 atom stereocenters. The minimum atomic E-state index is -0.633. The maximum absolute atomic E-state index is 11.6. The van der Waals surface area contributed by atoms with Crippen LogP contribution in [0.4, 0.5) is 0 Å². The first kappa shape index (κ1) is 11.5. The monoisotopic (exact) mass is 200 g/mol. The van der Waals surface area contributed by atoms with E-state index in [4.69, 9.17) is 10.8 Å². The molecule has 0 aliphatic heterocycles. The van der Waals surface area contributed by atoms with Gasteiger partial charge >= 0.3 is 0 Å². The normalized spacial score (nSPS) is 20.0. The first-order valence-corrected chi connectivity index (χ1v) is 5.08. The molecule has 1 fully saturated rings. The molecule has 0 saturated heterocycles. The smallest absolute Gasteiger partial charge is 0.240 e. The van der Waals surface area contributed by atoms with Crippen LogP contribution in [0.5, 0.6) is 0 Å². The predicted molar refractivity (Wildman–Crippen MR) is 54.6 cm³/mol. The number of amides is 1. The zero-order chi connectivity index (χ0) is 10.8. The Labute approximate surface area is 84.9 Å². The minimum Gasteiger partial charge on any atom is -0.396 e. The maximum atomic E-state index is 11.6. The van der Waals surface area contributed by atoms with E-state index in [0.717, 1.165) is 19.3 Å². The molecule has 1 aliphatic carbocycles. The molecule has 0 spiro atoms. The number of carbonyl (C=O) groups excluding carboxylic acids is 1. The molecule has 0 aromatic heterocycles. The summed E-state index contributed by atoms with van der Waals surface area (Å²) in [4.78, 5) is 11.6. The van der Waals surface area contributed by atoms with Crippen LogP contribution in [-0.2, 0) is 4.79 Å². The number of hydrogen-bond acceptors (Lipinski definition) is 3. The van der Waals surface area contributed by atoms with Gasteiger partial charge in [-0.05, 0) is 19.3 Å². The SMILES string of the molecule is CC(C)(CO)CNC(=O)C1(N)CCC1. The van der Waals surface area contributed by atoms with Crippen LogP contribution in [0.3, 0.4) is 0 Å². The lowest BCUT2D eigenvalue weighted by atomic mass is 9.77. The summed E-state index contributed by atoms with van der Waals surface area (Å²) in [5.74, 6) is -0.0784. The number of aliphatic hydroxyl groups excluding tert-OH is 1. The Bertz CT molecular complexity index is 222. The summed E-state index contributed by atoms with van der Waals surface area (Å²) in [6.07, 6.45) is 2.59. The molecule has 0 bridgehead atoms. The highest BCUT2D eigenvalue weighted by Crippen LogP contribution is 2.29. The van der Waals surface area contributed by atoms with E-state index in [9.17, 15) is 4.79 Å². The van der Waals surface area contributed by atoms with E-state index in [1.807, 2.05) is 13.8 Å². The van der Waals surface area contributed by atoms with Crippen molar-refractivity contribution in [2.24, 2.45) is 11.1 Å². The molecule has 1 amide bonds. The van der Waals surface area contributed by atoms with Crippen molar-refractivity contribution in [1.29, 1.82) is 0 Å². The summed E-state index contributed by atoms with van der Waals surface area (Å²) in [5.41, 5.74) is 4.94. The van der Waals surface area contributed by atoms with Gasteiger partial charge in [0.2, 0.25) is 5.91 Å². The van der Waals surface area contributed by atoms with Gasteiger partial charge in [0, 0.05) is 18.6 Å². The largest absolute Gasteiger partial charge is 0.396 e. The highest BCUT2D eigenvalue weighted by atomic mass is 16.3. The van der Waals surface area contributed by atoms with E-state index < -0.39 is 5.54 Å². The first-order valence-electron chi connectivity index (χ1n) is 5.08. The fourth-order valence-electron chi connectivity index (χ4n) is 1.34. The second-order valence-electron chi connectivity index (χ2n) is 5.01. The Morgan fingerprint density at radius 2 is 2.14 bits per heavy atom. The van der Waals surface area contributed by atoms with Crippen molar-refractivity contribution in [3.05, 3.63) is 0 Å². The molecule has 0 aromatic carbocycles. The van der Waals surface area contributed by atoms with Gasteiger partial charge in [0.1, 0.15) is 0 Å². The zero-order valence-corrected chi connectivity index (χ0v) is 8.97. The van der Waals surface area contributed by atoms with Gasteiger partial charge in [-0.25, -0.2) is 0 Å². The lowest BCUT2D eigenvalue weighted by Gasteiger charge is -2.37. The number of rotatable bonds is 4. The summed E-state index contributed by atoms with van der Waals surface area (Å²) >= 11 is 0. The minimum absolute atomic E-state index is 0.0604. The van der Waals surface area contributed by atoms with Gasteiger partial charge in [-0.3, -0.25) is 4.79 Å². The van der Waals surface area contributed by atoms with Crippen LogP contribution >= 0.6 is 0 Å². The highest BCUT2D eigenvalue weighted by Gasteiger charge is 2.40. The van der Waals surface area contributed by atoms with Crippen molar-refractivity contribution in [3.8, 4) is 0 Å². The van der Waals surface area contributed by atoms with Gasteiger partial charge in [0.15, 0.2) is 0 Å². The molecule has 0 aromatic rings. The third-order valence-electron chi connectivity index (χ3n) is 2.85. The van der Waals surface area contributed by atoms with Crippen LogP contribution in [0, 0.1) is 5.41 Å². The topological polar surface area (TPSA) is 75.3 Å². The van der Waals surface area contributed by atoms with Crippen LogP contribution in [0.2, 0.25) is 0 Å². The van der Waals surface area contributed by atoms with Crippen molar-refractivity contribution in [1.82, 2.24) is 5.32 Å². The van der Waals surface area contributed by atoms with Gasteiger partial charge in [-0.15, -0.1) is 0 Å². The Morgan fingerprint density at radius 1 is 1.57 bits per heavy atom. The Hall–Kier alpha value is -0.610. The predicted octanol–water partition coefficient (Wildman–Crippen LogP) is 0.00250. The summed E-state index contributed by atoms with van der Waals surface area (Å²) in [6.45, 7) is 4.33. The number of aliphatic hydroxyl groups is 1. The molecule has 4 N–H and O–H groups in total. The molecule has 4 heteroatoms. The van der Waals surface area contributed by atoms with Crippen LogP contribution < -0.4 is 11.1 Å². The molecule has 1 saturated carbocycles. The van der Waals surface area contributed by atoms with Crippen LogP contribution in [0.1, 0.15) is 33.1 Å². The average molecular weight is 200 g/mol. The number of nitrogens with two attached hydrogens (primary N) is 1. The Balaban J connectivity index is 2.35. The Kier molecular flexibility index (Phi) is 3.17. The standard InChI is InChI=1S/C10H20N2O2/c1-9(2,7-13)6-12-8(14)10(11)4-3-5-10/h13H,3-7,11H2,1-2H3,(H,12,14). The quantitative estimate of drug-likeness (QED) is 0.598.